The Balaban J connectivity index is 1.82. The van der Waals surface area contributed by atoms with Crippen LogP contribution in [0.25, 0.3) is 0 Å². The molecule has 0 fully saturated rings. The Hall–Kier alpha value is -3.43. The van der Waals surface area contributed by atoms with Gasteiger partial charge < -0.3 is 10.6 Å². The van der Waals surface area contributed by atoms with E-state index < -0.39 is 0 Å². The second-order valence-electron chi connectivity index (χ2n) is 5.47. The summed E-state index contributed by atoms with van der Waals surface area (Å²) in [4.78, 5) is 20.9. The summed E-state index contributed by atoms with van der Waals surface area (Å²) in [6.07, 6.45) is 0. The number of nitrogens with zero attached hydrogens (tertiary/aromatic N) is 3. The molecule has 0 aliphatic carbocycles. The van der Waals surface area contributed by atoms with Crippen LogP contribution in [0.15, 0.2) is 54.6 Å². The molecule has 0 unspecified atom stereocenters. The van der Waals surface area contributed by atoms with Gasteiger partial charge in [0.2, 0.25) is 0 Å². The van der Waals surface area contributed by atoms with Crippen molar-refractivity contribution in [1.29, 1.82) is 5.26 Å². The van der Waals surface area contributed by atoms with E-state index in [1.165, 1.54) is 0 Å². The molecule has 0 spiro atoms. The van der Waals surface area contributed by atoms with Gasteiger partial charge in [-0.2, -0.15) is 5.26 Å². The molecule has 2 N–H and O–H groups in total. The highest BCUT2D eigenvalue weighted by Gasteiger charge is 2.11. The Kier molecular flexibility index (Phi) is 5.11. The van der Waals surface area contributed by atoms with Crippen molar-refractivity contribution in [2.75, 3.05) is 10.6 Å². The lowest BCUT2D eigenvalue weighted by Crippen LogP contribution is -2.15. The second kappa shape index (κ2) is 7.64. The molecule has 0 bridgehead atoms. The number of benzene rings is 2. The summed E-state index contributed by atoms with van der Waals surface area (Å²) in [6, 6.07) is 17.5. The number of anilines is 3. The quantitative estimate of drug-likeness (QED) is 0.720. The number of aryl methyl sites for hydroxylation is 1. The van der Waals surface area contributed by atoms with Gasteiger partial charge in [0, 0.05) is 22.5 Å². The highest BCUT2D eigenvalue weighted by Crippen LogP contribution is 2.19. The Morgan fingerprint density at radius 1 is 1.08 bits per heavy atom. The number of hydrogen-bond acceptors (Lipinski definition) is 5. The van der Waals surface area contributed by atoms with Crippen molar-refractivity contribution in [2.24, 2.45) is 0 Å². The van der Waals surface area contributed by atoms with Crippen molar-refractivity contribution in [3.8, 4) is 6.07 Å². The minimum atomic E-state index is -0.369. The van der Waals surface area contributed by atoms with E-state index in [2.05, 4.69) is 26.7 Å². The molecule has 3 aromatic rings. The molecule has 0 saturated heterocycles. The van der Waals surface area contributed by atoms with Crippen LogP contribution in [0.3, 0.4) is 0 Å². The number of hydrogen-bond donors (Lipinski definition) is 2. The fourth-order valence-corrected chi connectivity index (χ4v) is 2.51. The van der Waals surface area contributed by atoms with Gasteiger partial charge in [0.05, 0.1) is 11.6 Å². The fourth-order valence-electron chi connectivity index (χ4n) is 2.32. The molecule has 7 heteroatoms. The SMILES string of the molecule is Cc1nc(Nc2cccc(C#N)c2)cc(C(=O)Nc2cccc(Cl)c2)n1. The Bertz CT molecular complexity index is 1010. The summed E-state index contributed by atoms with van der Waals surface area (Å²) in [6.45, 7) is 1.70. The smallest absolute Gasteiger partial charge is 0.274 e. The predicted octanol–water partition coefficient (Wildman–Crippen LogP) is 4.31. The number of amides is 1. The summed E-state index contributed by atoms with van der Waals surface area (Å²) in [5, 5.41) is 15.3. The average Bonchev–Trinajstić information content (AvgIpc) is 2.61. The van der Waals surface area contributed by atoms with Crippen LogP contribution in [0, 0.1) is 18.3 Å². The van der Waals surface area contributed by atoms with E-state index in [0.29, 0.717) is 33.6 Å². The lowest BCUT2D eigenvalue weighted by Gasteiger charge is -2.09. The largest absolute Gasteiger partial charge is 0.340 e. The third-order valence-corrected chi connectivity index (χ3v) is 3.65. The van der Waals surface area contributed by atoms with Crippen molar-refractivity contribution in [3.63, 3.8) is 0 Å². The van der Waals surface area contributed by atoms with Crippen LogP contribution in [-0.2, 0) is 0 Å². The Morgan fingerprint density at radius 2 is 1.85 bits per heavy atom. The number of carbonyl (C=O) groups is 1. The van der Waals surface area contributed by atoms with Crippen LogP contribution in [-0.4, -0.2) is 15.9 Å². The molecule has 128 valence electrons. The normalized spacial score (nSPS) is 10.0. The molecule has 0 atom stereocenters. The predicted molar refractivity (Wildman–Crippen MR) is 101 cm³/mol. The van der Waals surface area contributed by atoms with Crippen molar-refractivity contribution >= 4 is 34.7 Å². The average molecular weight is 364 g/mol. The summed E-state index contributed by atoms with van der Waals surface area (Å²) >= 11 is 5.93. The Labute approximate surface area is 155 Å². The second-order valence-corrected chi connectivity index (χ2v) is 5.90. The number of aromatic nitrogens is 2. The monoisotopic (exact) mass is 363 g/mol. The number of nitrogens with one attached hydrogen (secondary N) is 2. The fraction of sp³-hybridized carbons (Fsp3) is 0.0526. The zero-order valence-corrected chi connectivity index (χ0v) is 14.6. The van der Waals surface area contributed by atoms with E-state index in [1.54, 1.807) is 55.5 Å². The third-order valence-electron chi connectivity index (χ3n) is 3.42. The van der Waals surface area contributed by atoms with Gasteiger partial charge in [-0.15, -0.1) is 0 Å². The van der Waals surface area contributed by atoms with Crippen LogP contribution >= 0.6 is 11.6 Å². The summed E-state index contributed by atoms with van der Waals surface area (Å²) < 4.78 is 0. The molecular weight excluding hydrogens is 350 g/mol. The molecule has 2 aromatic carbocycles. The van der Waals surface area contributed by atoms with E-state index in [-0.39, 0.29) is 11.6 Å². The van der Waals surface area contributed by atoms with Crippen molar-refractivity contribution in [1.82, 2.24) is 9.97 Å². The van der Waals surface area contributed by atoms with Gasteiger partial charge in [0.15, 0.2) is 0 Å². The minimum Gasteiger partial charge on any atom is -0.340 e. The van der Waals surface area contributed by atoms with Crippen molar-refractivity contribution in [3.05, 3.63) is 76.7 Å². The lowest BCUT2D eigenvalue weighted by atomic mass is 10.2. The van der Waals surface area contributed by atoms with Crippen LogP contribution in [0.2, 0.25) is 5.02 Å². The van der Waals surface area contributed by atoms with Gasteiger partial charge in [0.1, 0.15) is 17.3 Å². The number of halogens is 1. The minimum absolute atomic E-state index is 0.219. The number of rotatable bonds is 4. The van der Waals surface area contributed by atoms with Crippen LogP contribution < -0.4 is 10.6 Å². The molecule has 26 heavy (non-hydrogen) atoms. The van der Waals surface area contributed by atoms with E-state index in [1.807, 2.05) is 6.07 Å². The lowest BCUT2D eigenvalue weighted by molar-refractivity contribution is 0.102. The molecular formula is C19H14ClN5O. The molecule has 0 saturated carbocycles. The first-order chi connectivity index (χ1) is 12.5. The third kappa shape index (κ3) is 4.35. The standard InChI is InChI=1S/C19H14ClN5O/c1-12-22-17(19(26)25-16-7-3-5-14(20)9-16)10-18(23-12)24-15-6-2-4-13(8-15)11-21/h2-10H,1H3,(H,25,26)(H,22,23,24). The molecule has 0 aliphatic rings. The zero-order chi connectivity index (χ0) is 18.5. The number of nitriles is 1. The highest BCUT2D eigenvalue weighted by atomic mass is 35.5. The van der Waals surface area contributed by atoms with E-state index >= 15 is 0 Å². The first-order valence-electron chi connectivity index (χ1n) is 7.73. The van der Waals surface area contributed by atoms with Gasteiger partial charge >= 0.3 is 0 Å². The first kappa shape index (κ1) is 17.4. The molecule has 0 radical (unpaired) electrons. The van der Waals surface area contributed by atoms with Gasteiger partial charge in [0.25, 0.3) is 5.91 Å². The molecule has 1 amide bonds. The maximum atomic E-state index is 12.5. The van der Waals surface area contributed by atoms with E-state index in [0.717, 1.165) is 0 Å². The van der Waals surface area contributed by atoms with Crippen LogP contribution in [0.1, 0.15) is 21.9 Å². The maximum Gasteiger partial charge on any atom is 0.274 e. The summed E-state index contributed by atoms with van der Waals surface area (Å²) in [5.41, 5.74) is 2.02. The van der Waals surface area contributed by atoms with E-state index in [9.17, 15) is 4.79 Å². The van der Waals surface area contributed by atoms with Gasteiger partial charge in [-0.1, -0.05) is 23.7 Å². The first-order valence-corrected chi connectivity index (χ1v) is 8.11. The molecule has 1 aromatic heterocycles. The molecule has 1 heterocycles. The van der Waals surface area contributed by atoms with Crippen LogP contribution in [0.4, 0.5) is 17.2 Å². The van der Waals surface area contributed by atoms with Gasteiger partial charge in [-0.05, 0) is 43.3 Å². The van der Waals surface area contributed by atoms with Gasteiger partial charge in [-0.25, -0.2) is 9.97 Å². The number of carbonyl (C=O) groups excluding carboxylic acids is 1. The zero-order valence-electron chi connectivity index (χ0n) is 13.8. The summed E-state index contributed by atoms with van der Waals surface area (Å²) in [5.74, 6) is 0.540. The van der Waals surface area contributed by atoms with Crippen molar-refractivity contribution in [2.45, 2.75) is 6.92 Å². The topological polar surface area (TPSA) is 90.7 Å². The Morgan fingerprint density at radius 3 is 2.62 bits per heavy atom. The van der Waals surface area contributed by atoms with Crippen LogP contribution in [0.5, 0.6) is 0 Å². The van der Waals surface area contributed by atoms with Gasteiger partial charge in [-0.3, -0.25) is 4.79 Å². The molecule has 0 aliphatic heterocycles. The highest BCUT2D eigenvalue weighted by molar-refractivity contribution is 6.30. The molecule has 6 nitrogen and oxygen atoms in total. The van der Waals surface area contributed by atoms with E-state index in [4.69, 9.17) is 16.9 Å². The summed E-state index contributed by atoms with van der Waals surface area (Å²) in [7, 11) is 0. The van der Waals surface area contributed by atoms with Crippen molar-refractivity contribution < 1.29 is 4.79 Å². The maximum absolute atomic E-state index is 12.5. The molecule has 3 rings (SSSR count).